The van der Waals surface area contributed by atoms with Gasteiger partial charge in [0.05, 0.1) is 18.8 Å². The number of nitrogens with one attached hydrogen (secondary N) is 1. The van der Waals surface area contributed by atoms with Gasteiger partial charge in [0.2, 0.25) is 0 Å². The van der Waals surface area contributed by atoms with E-state index in [1.54, 1.807) is 7.11 Å². The van der Waals surface area contributed by atoms with Crippen LogP contribution in [0.1, 0.15) is 33.1 Å². The van der Waals surface area contributed by atoms with Crippen LogP contribution in [0.4, 0.5) is 0 Å². The quantitative estimate of drug-likeness (QED) is 0.685. The highest BCUT2D eigenvalue weighted by Crippen LogP contribution is 2.42. The summed E-state index contributed by atoms with van der Waals surface area (Å²) in [6.45, 7) is 6.29. The largest absolute Gasteiger partial charge is 0.389 e. The molecule has 2 aliphatic carbocycles. The number of methoxy groups -OCH3 is 1. The molecular formula is C14H27NO3. The molecule has 106 valence electrons. The van der Waals surface area contributed by atoms with E-state index in [-0.39, 0.29) is 5.41 Å². The van der Waals surface area contributed by atoms with Crippen molar-refractivity contribution in [2.45, 2.75) is 51.4 Å². The van der Waals surface area contributed by atoms with E-state index in [0.29, 0.717) is 25.3 Å². The van der Waals surface area contributed by atoms with Crippen molar-refractivity contribution in [3.63, 3.8) is 0 Å². The summed E-state index contributed by atoms with van der Waals surface area (Å²) >= 11 is 0. The molecular weight excluding hydrogens is 230 g/mol. The second-order valence-corrected chi connectivity index (χ2v) is 6.38. The lowest BCUT2D eigenvalue weighted by molar-refractivity contribution is -0.100. The van der Waals surface area contributed by atoms with Crippen LogP contribution in [0.5, 0.6) is 0 Å². The molecule has 0 aliphatic heterocycles. The summed E-state index contributed by atoms with van der Waals surface area (Å²) < 4.78 is 10.9. The third-order valence-electron chi connectivity index (χ3n) is 4.42. The van der Waals surface area contributed by atoms with E-state index in [9.17, 15) is 5.11 Å². The van der Waals surface area contributed by atoms with Gasteiger partial charge >= 0.3 is 0 Å². The summed E-state index contributed by atoms with van der Waals surface area (Å²) in [4.78, 5) is 0. The van der Waals surface area contributed by atoms with Gasteiger partial charge in [0.1, 0.15) is 0 Å². The molecule has 0 spiro atoms. The van der Waals surface area contributed by atoms with E-state index >= 15 is 0 Å². The van der Waals surface area contributed by atoms with Gasteiger partial charge in [-0.25, -0.2) is 0 Å². The average Bonchev–Trinajstić information content (AvgIpc) is 3.12. The van der Waals surface area contributed by atoms with Crippen LogP contribution in [-0.4, -0.2) is 50.2 Å². The molecule has 2 saturated carbocycles. The molecule has 4 heteroatoms. The highest BCUT2D eigenvalue weighted by Gasteiger charge is 2.48. The Balaban J connectivity index is 1.56. The summed E-state index contributed by atoms with van der Waals surface area (Å²) in [6, 6.07) is 0.431. The van der Waals surface area contributed by atoms with Crippen molar-refractivity contribution >= 4 is 0 Å². The van der Waals surface area contributed by atoms with Crippen LogP contribution < -0.4 is 5.32 Å². The highest BCUT2D eigenvalue weighted by atomic mass is 16.5. The lowest BCUT2D eigenvalue weighted by Gasteiger charge is -2.51. The number of hydrogen-bond donors (Lipinski definition) is 2. The van der Waals surface area contributed by atoms with E-state index in [1.807, 2.05) is 0 Å². The summed E-state index contributed by atoms with van der Waals surface area (Å²) in [6.07, 6.45) is 3.55. The maximum atomic E-state index is 9.83. The number of aliphatic hydroxyl groups is 1. The molecule has 0 aromatic rings. The van der Waals surface area contributed by atoms with Gasteiger partial charge in [-0.05, 0) is 25.2 Å². The average molecular weight is 257 g/mol. The van der Waals surface area contributed by atoms with E-state index in [2.05, 4.69) is 19.2 Å². The van der Waals surface area contributed by atoms with Gasteiger partial charge in [0, 0.05) is 31.7 Å². The Morgan fingerprint density at radius 1 is 1.39 bits per heavy atom. The first kappa shape index (κ1) is 14.3. The Kier molecular flexibility index (Phi) is 4.64. The van der Waals surface area contributed by atoms with Crippen molar-refractivity contribution in [2.75, 3.05) is 26.9 Å². The van der Waals surface area contributed by atoms with Crippen molar-refractivity contribution in [1.82, 2.24) is 5.32 Å². The predicted molar refractivity (Wildman–Crippen MR) is 70.5 cm³/mol. The second-order valence-electron chi connectivity index (χ2n) is 6.38. The number of aliphatic hydroxyl groups excluding tert-OH is 1. The lowest BCUT2D eigenvalue weighted by atomic mass is 9.64. The Morgan fingerprint density at radius 2 is 2.11 bits per heavy atom. The molecule has 0 amide bonds. The van der Waals surface area contributed by atoms with Crippen molar-refractivity contribution in [3.05, 3.63) is 0 Å². The van der Waals surface area contributed by atoms with Gasteiger partial charge in [0.15, 0.2) is 0 Å². The Labute approximate surface area is 110 Å². The highest BCUT2D eigenvalue weighted by molar-refractivity contribution is 5.02. The van der Waals surface area contributed by atoms with Crippen molar-refractivity contribution in [3.8, 4) is 0 Å². The zero-order valence-electron chi connectivity index (χ0n) is 11.8. The fourth-order valence-corrected chi connectivity index (χ4v) is 2.62. The van der Waals surface area contributed by atoms with Crippen LogP contribution in [0.15, 0.2) is 0 Å². The molecule has 2 N–H and O–H groups in total. The van der Waals surface area contributed by atoms with E-state index < -0.39 is 6.10 Å². The van der Waals surface area contributed by atoms with Crippen LogP contribution in [0.2, 0.25) is 0 Å². The Morgan fingerprint density at radius 3 is 2.67 bits per heavy atom. The van der Waals surface area contributed by atoms with Crippen LogP contribution in [-0.2, 0) is 9.47 Å². The van der Waals surface area contributed by atoms with Gasteiger partial charge < -0.3 is 19.9 Å². The standard InChI is InChI=1S/C14H27NO3/c1-14(2)12(6-13(14)17-3)15-7-11(16)9-18-8-10-4-5-10/h10-13,15-16H,4-9H2,1-3H3. The molecule has 3 atom stereocenters. The van der Waals surface area contributed by atoms with E-state index in [1.165, 1.54) is 12.8 Å². The second kappa shape index (κ2) is 5.87. The Bertz CT molecular complexity index is 266. The monoisotopic (exact) mass is 257 g/mol. The van der Waals surface area contributed by atoms with Gasteiger partial charge in [-0.3, -0.25) is 0 Å². The predicted octanol–water partition coefficient (Wildman–Crippen LogP) is 1.18. The molecule has 2 rings (SSSR count). The van der Waals surface area contributed by atoms with Gasteiger partial charge in [-0.15, -0.1) is 0 Å². The first-order valence-electron chi connectivity index (χ1n) is 7.06. The molecule has 2 fully saturated rings. The third kappa shape index (κ3) is 3.44. The molecule has 0 heterocycles. The van der Waals surface area contributed by atoms with Crippen LogP contribution >= 0.6 is 0 Å². The molecule has 2 aliphatic rings. The van der Waals surface area contributed by atoms with Crippen molar-refractivity contribution in [1.29, 1.82) is 0 Å². The molecule has 0 radical (unpaired) electrons. The van der Waals surface area contributed by atoms with Gasteiger partial charge in [-0.2, -0.15) is 0 Å². The fraction of sp³-hybridized carbons (Fsp3) is 1.00. The number of hydrogen-bond acceptors (Lipinski definition) is 4. The zero-order valence-corrected chi connectivity index (χ0v) is 11.8. The fourth-order valence-electron chi connectivity index (χ4n) is 2.62. The normalized spacial score (nSPS) is 32.0. The molecule has 0 aromatic heterocycles. The summed E-state index contributed by atoms with van der Waals surface area (Å²) in [5.74, 6) is 0.762. The minimum atomic E-state index is -0.402. The number of rotatable bonds is 8. The van der Waals surface area contributed by atoms with Crippen LogP contribution in [0, 0.1) is 11.3 Å². The topological polar surface area (TPSA) is 50.7 Å². The van der Waals surface area contributed by atoms with Gasteiger partial charge in [0.25, 0.3) is 0 Å². The zero-order chi connectivity index (χ0) is 13.2. The summed E-state index contributed by atoms with van der Waals surface area (Å²) in [5.41, 5.74) is 0.156. The van der Waals surface area contributed by atoms with Crippen molar-refractivity contribution in [2.24, 2.45) is 11.3 Å². The lowest BCUT2D eigenvalue weighted by Crippen LogP contribution is -2.61. The smallest absolute Gasteiger partial charge is 0.0897 e. The minimum Gasteiger partial charge on any atom is -0.389 e. The van der Waals surface area contributed by atoms with Crippen molar-refractivity contribution < 1.29 is 14.6 Å². The molecule has 0 bridgehead atoms. The summed E-state index contributed by atoms with van der Waals surface area (Å²) in [7, 11) is 1.77. The third-order valence-corrected chi connectivity index (χ3v) is 4.42. The first-order valence-corrected chi connectivity index (χ1v) is 7.06. The molecule has 4 nitrogen and oxygen atoms in total. The summed E-state index contributed by atoms with van der Waals surface area (Å²) in [5, 5.41) is 13.2. The van der Waals surface area contributed by atoms with E-state index in [4.69, 9.17) is 9.47 Å². The van der Waals surface area contributed by atoms with Crippen LogP contribution in [0.25, 0.3) is 0 Å². The first-order chi connectivity index (χ1) is 8.54. The molecule has 0 aromatic carbocycles. The van der Waals surface area contributed by atoms with Crippen LogP contribution in [0.3, 0.4) is 0 Å². The van der Waals surface area contributed by atoms with E-state index in [0.717, 1.165) is 18.9 Å². The molecule has 3 unspecified atom stereocenters. The maximum Gasteiger partial charge on any atom is 0.0897 e. The Hall–Kier alpha value is -0.160. The minimum absolute atomic E-state index is 0.156. The number of ether oxygens (including phenoxy) is 2. The maximum absolute atomic E-state index is 9.83. The molecule has 18 heavy (non-hydrogen) atoms. The molecule has 0 saturated heterocycles. The SMILES string of the molecule is COC1CC(NCC(O)COCC2CC2)C1(C)C. The van der Waals surface area contributed by atoms with Gasteiger partial charge in [-0.1, -0.05) is 13.8 Å².